The van der Waals surface area contributed by atoms with Gasteiger partial charge in [-0.05, 0) is 146 Å². The molecule has 0 aliphatic heterocycles. The number of fused-ring (bicyclic) bond motifs is 12. The molecule has 5 nitrogen and oxygen atoms in total. The molecule has 20 aromatic rings. The molecule has 0 amide bonds. The molecule has 0 atom stereocenters. The van der Waals surface area contributed by atoms with Crippen molar-refractivity contribution < 1.29 is 31.4 Å². The minimum atomic E-state index is -0.400. The number of nitrogens with zero attached hydrogens (tertiary/aromatic N) is 1. The maximum atomic E-state index is 8.40. The van der Waals surface area contributed by atoms with Gasteiger partial charge in [0.05, 0.1) is 24.8 Å². The zero-order chi connectivity index (χ0) is 77.3. The van der Waals surface area contributed by atoms with Gasteiger partial charge in [-0.1, -0.05) is 319 Å². The summed E-state index contributed by atoms with van der Waals surface area (Å²) in [4.78, 5) is 2.25. The maximum Gasteiger partial charge on any atom is 0.143 e. The molecule has 103 heavy (non-hydrogen) atoms. The lowest BCUT2D eigenvalue weighted by Crippen LogP contribution is -2.10. The van der Waals surface area contributed by atoms with Crippen molar-refractivity contribution in [1.29, 1.82) is 0 Å². The van der Waals surface area contributed by atoms with Crippen LogP contribution in [0.2, 0.25) is 0 Å². The van der Waals surface area contributed by atoms with Gasteiger partial charge < -0.3 is 22.6 Å². The van der Waals surface area contributed by atoms with Crippen LogP contribution in [-0.4, -0.2) is 0 Å². The highest BCUT2D eigenvalue weighted by Gasteiger charge is 2.21. The number of anilines is 3. The zero-order valence-corrected chi connectivity index (χ0v) is 56.8. The zero-order valence-electron chi connectivity index (χ0n) is 65.2. The average Bonchev–Trinajstić information content (AvgIpc) is 1.72. The van der Waals surface area contributed by atoms with Gasteiger partial charge in [0.15, 0.2) is 0 Å². The third kappa shape index (κ3) is 12.2. The number of rotatable bonds is 11. The second-order valence-corrected chi connectivity index (χ2v) is 26.0. The van der Waals surface area contributed by atoms with E-state index in [1.54, 1.807) is 0 Å². The standard InChI is InChI=1S/C48H31NO2.C37H26O.C12H7BrO/c1-2-10-32(11-3-1)33-20-22-34(23-21-33)35-24-28-37(29-25-35)49(43-16-9-19-46-47(43)42-13-5-7-18-45(42)50-46)38-30-26-36(27-31-38)39-14-8-15-41-40-12-4-6-17-44(40)51-48(39)41;1-2-7-28(8-3-1)30-21-23-31(24-22-30)29-17-13-26(14-18-29)25-27-15-19-32(20-16-27)33-10-6-11-35-34-9-4-5-12-36(34)38-37(33)35;13-9-5-3-7-11-12(9)8-4-1-2-6-10(8)14-11/h1-31H;1-24H,25H2;1-7H/i1D,2D,3D,10D,11D;1D,2D,3D,7D,8D;. The lowest BCUT2D eigenvalue weighted by molar-refractivity contribution is 0.668. The SMILES string of the molecule is Brc1cccc2oc3ccccc3c12.[2H]c1c([2H])c([2H])c(-c2ccc(-c3ccc(Cc4ccc(-c5cccc6c5oc5ccccc56)cc4)cc3)cc2)c([2H])c1[2H].[2H]c1c([2H])c([2H])c(-c2ccc(-c3ccc(N(c4ccc(-c5cccc6c5oc5ccccc56)cc4)c4cccc5oc6ccccc6c45)cc3)cc2)c([2H])c1[2H]. The lowest BCUT2D eigenvalue weighted by atomic mass is 9.97. The van der Waals surface area contributed by atoms with Crippen molar-refractivity contribution >= 4 is 121 Å². The minimum absolute atomic E-state index is 0.190. The molecule has 20 rings (SSSR count). The number of hydrogen-bond acceptors (Lipinski definition) is 5. The van der Waals surface area contributed by atoms with E-state index >= 15 is 0 Å². The van der Waals surface area contributed by atoms with Crippen LogP contribution in [0.4, 0.5) is 17.1 Å². The van der Waals surface area contributed by atoms with Crippen LogP contribution in [0.15, 0.2) is 398 Å². The second kappa shape index (κ2) is 27.3. The first kappa shape index (κ1) is 52.1. The fourth-order valence-electron chi connectivity index (χ4n) is 13.9. The Kier molecular flexibility index (Phi) is 13.8. The van der Waals surface area contributed by atoms with Crippen molar-refractivity contribution in [2.24, 2.45) is 0 Å². The molecule has 0 N–H and O–H groups in total. The van der Waals surface area contributed by atoms with Crippen molar-refractivity contribution in [2.45, 2.75) is 6.42 Å². The quantitative estimate of drug-likeness (QED) is 0.129. The molecular weight excluding hydrogens is 1320 g/mol. The number of furan rings is 4. The largest absolute Gasteiger partial charge is 0.456 e. The molecule has 0 radical (unpaired) electrons. The predicted octanol–water partition coefficient (Wildman–Crippen LogP) is 28.5. The summed E-state index contributed by atoms with van der Waals surface area (Å²) in [6.07, 6.45) is 0.809. The molecule has 0 saturated carbocycles. The van der Waals surface area contributed by atoms with E-state index in [-0.39, 0.29) is 65.5 Å². The van der Waals surface area contributed by atoms with Gasteiger partial charge in [-0.15, -0.1) is 0 Å². The molecule has 488 valence electrons. The van der Waals surface area contributed by atoms with Crippen LogP contribution in [0.5, 0.6) is 0 Å². The lowest BCUT2D eigenvalue weighted by Gasteiger charge is -2.26. The summed E-state index contributed by atoms with van der Waals surface area (Å²) in [5.74, 6) is 0. The van der Waals surface area contributed by atoms with Gasteiger partial charge in [-0.25, -0.2) is 0 Å². The van der Waals surface area contributed by atoms with Crippen LogP contribution < -0.4 is 4.90 Å². The molecule has 0 spiro atoms. The Hall–Kier alpha value is -13.0. The molecule has 6 heteroatoms. The Bertz CT molecular complexity index is 7020. The van der Waals surface area contributed by atoms with E-state index in [1.165, 1.54) is 11.1 Å². The second-order valence-electron chi connectivity index (χ2n) is 25.2. The molecule has 16 aromatic carbocycles. The molecular formula is C97H64BrNO4. The minimum Gasteiger partial charge on any atom is -0.456 e. The Labute approximate surface area is 618 Å². The maximum absolute atomic E-state index is 8.40. The van der Waals surface area contributed by atoms with E-state index in [4.69, 9.17) is 31.4 Å². The molecule has 0 fully saturated rings. The highest BCUT2D eigenvalue weighted by atomic mass is 79.9. The molecule has 4 aromatic heterocycles. The van der Waals surface area contributed by atoms with Crippen molar-refractivity contribution in [3.63, 3.8) is 0 Å². The molecule has 0 unspecified atom stereocenters. The van der Waals surface area contributed by atoms with Crippen LogP contribution in [0.3, 0.4) is 0 Å². The van der Waals surface area contributed by atoms with E-state index in [0.717, 1.165) is 160 Å². The van der Waals surface area contributed by atoms with Crippen molar-refractivity contribution in [3.05, 3.63) is 391 Å². The predicted molar refractivity (Wildman–Crippen MR) is 433 cm³/mol. The Morgan fingerprint density at radius 1 is 0.252 bits per heavy atom. The smallest absolute Gasteiger partial charge is 0.143 e. The topological polar surface area (TPSA) is 55.8 Å². The van der Waals surface area contributed by atoms with Gasteiger partial charge in [0.25, 0.3) is 0 Å². The van der Waals surface area contributed by atoms with Gasteiger partial charge in [-0.3, -0.25) is 0 Å². The van der Waals surface area contributed by atoms with Gasteiger partial charge in [0, 0.05) is 64.7 Å². The Balaban J connectivity index is 0.000000137. The molecule has 0 aliphatic carbocycles. The number of benzene rings is 16. The summed E-state index contributed by atoms with van der Waals surface area (Å²) in [5.41, 5.74) is 22.2. The van der Waals surface area contributed by atoms with Crippen molar-refractivity contribution in [1.82, 2.24) is 0 Å². The van der Waals surface area contributed by atoms with Gasteiger partial charge in [-0.2, -0.15) is 0 Å². The highest BCUT2D eigenvalue weighted by molar-refractivity contribution is 9.10. The summed E-state index contributed by atoms with van der Waals surface area (Å²) < 4.78 is 107. The van der Waals surface area contributed by atoms with E-state index in [9.17, 15) is 0 Å². The normalized spacial score (nSPS) is 12.7. The summed E-state index contributed by atoms with van der Waals surface area (Å²) in [6, 6.07) is 103. The number of para-hydroxylation sites is 6. The van der Waals surface area contributed by atoms with Gasteiger partial charge >= 0.3 is 0 Å². The van der Waals surface area contributed by atoms with E-state index in [1.807, 2.05) is 152 Å². The van der Waals surface area contributed by atoms with E-state index in [2.05, 4.69) is 185 Å². The monoisotopic (exact) mass is 1400 g/mol. The summed E-state index contributed by atoms with van der Waals surface area (Å²) in [6.45, 7) is 0. The van der Waals surface area contributed by atoms with Crippen LogP contribution in [-0.2, 0) is 6.42 Å². The molecule has 0 bridgehead atoms. The molecule has 4 heterocycles. The van der Waals surface area contributed by atoms with Crippen LogP contribution in [0, 0.1) is 0 Å². The fourth-order valence-corrected chi connectivity index (χ4v) is 14.5. The third-order valence-electron chi connectivity index (χ3n) is 19.0. The summed E-state index contributed by atoms with van der Waals surface area (Å²) in [7, 11) is 0. The van der Waals surface area contributed by atoms with Crippen molar-refractivity contribution in [3.8, 4) is 66.8 Å². The van der Waals surface area contributed by atoms with Crippen LogP contribution in [0.25, 0.3) is 155 Å². The number of halogens is 1. The van der Waals surface area contributed by atoms with Crippen molar-refractivity contribution in [2.75, 3.05) is 4.90 Å². The summed E-state index contributed by atoms with van der Waals surface area (Å²) >= 11 is 3.54. The molecule has 0 saturated heterocycles. The average molecular weight is 1400 g/mol. The first-order valence-electron chi connectivity index (χ1n) is 38.9. The van der Waals surface area contributed by atoms with E-state index < -0.39 is 6.04 Å². The Morgan fingerprint density at radius 2 is 0.573 bits per heavy atom. The van der Waals surface area contributed by atoms with Crippen LogP contribution >= 0.6 is 15.9 Å². The third-order valence-corrected chi connectivity index (χ3v) is 19.6. The first-order valence-corrected chi connectivity index (χ1v) is 34.7. The first-order chi connectivity index (χ1) is 55.1. The summed E-state index contributed by atoms with van der Waals surface area (Å²) in [5, 5.41) is 8.81. The molecule has 0 aliphatic rings. The van der Waals surface area contributed by atoms with Crippen LogP contribution in [0.1, 0.15) is 24.8 Å². The van der Waals surface area contributed by atoms with Gasteiger partial charge in [0.1, 0.15) is 44.7 Å². The Morgan fingerprint density at radius 3 is 1.03 bits per heavy atom. The highest BCUT2D eigenvalue weighted by Crippen LogP contribution is 2.45. The number of hydrogen-bond donors (Lipinski definition) is 0. The van der Waals surface area contributed by atoms with Gasteiger partial charge in [0.2, 0.25) is 0 Å². The fraction of sp³-hybridized carbons (Fsp3) is 0.0103. The van der Waals surface area contributed by atoms with E-state index in [0.29, 0.717) is 11.1 Å².